The molecule has 2 rings (SSSR count). The number of carbonyl (C=O) groups is 1. The molecule has 2 aromatic rings. The van der Waals surface area contributed by atoms with E-state index >= 15 is 0 Å². The van der Waals surface area contributed by atoms with Gasteiger partial charge >= 0.3 is 5.97 Å². The maximum Gasteiger partial charge on any atom is 0.341 e. The van der Waals surface area contributed by atoms with E-state index in [0.717, 1.165) is 11.3 Å². The van der Waals surface area contributed by atoms with E-state index < -0.39 is 5.97 Å². The van der Waals surface area contributed by atoms with E-state index in [-0.39, 0.29) is 11.0 Å². The molecule has 1 aromatic heterocycles. The minimum atomic E-state index is -1.07. The Hall–Kier alpha value is -2.37. The lowest BCUT2D eigenvalue weighted by atomic mass is 9.93. The highest BCUT2D eigenvalue weighted by molar-refractivity contribution is 5.95. The predicted molar refractivity (Wildman–Crippen MR) is 78.3 cm³/mol. The third-order valence-electron chi connectivity index (χ3n) is 3.23. The van der Waals surface area contributed by atoms with Crippen molar-refractivity contribution in [3.8, 4) is 11.4 Å². The van der Waals surface area contributed by atoms with E-state index in [9.17, 15) is 9.90 Å². The van der Waals surface area contributed by atoms with Gasteiger partial charge in [0.2, 0.25) is 0 Å². The first kappa shape index (κ1) is 15.0. The smallest absolute Gasteiger partial charge is 0.341 e. The van der Waals surface area contributed by atoms with Gasteiger partial charge in [0.05, 0.1) is 19.0 Å². The van der Waals surface area contributed by atoms with Gasteiger partial charge in [0.25, 0.3) is 0 Å². The number of aromatic carboxylic acids is 1. The third-order valence-corrected chi connectivity index (χ3v) is 3.23. The zero-order chi connectivity index (χ0) is 15.8. The zero-order valence-electron chi connectivity index (χ0n) is 12.8. The summed E-state index contributed by atoms with van der Waals surface area (Å²) in [6.07, 6.45) is 1.65. The number of methoxy groups -OCH3 is 1. The molecule has 1 heterocycles. The normalized spacial score (nSPS) is 11.5. The van der Waals surface area contributed by atoms with Crippen LogP contribution in [0.25, 0.3) is 5.69 Å². The number of hydrogen-bond acceptors (Lipinski definition) is 4. The van der Waals surface area contributed by atoms with Crippen molar-refractivity contribution >= 4 is 5.97 Å². The summed E-state index contributed by atoms with van der Waals surface area (Å²) in [6, 6.07) is 3.48. The molecule has 0 amide bonds. The van der Waals surface area contributed by atoms with Crippen LogP contribution in [0.4, 0.5) is 0 Å². The van der Waals surface area contributed by atoms with E-state index in [1.807, 2.05) is 20.8 Å². The number of rotatable bonds is 3. The molecule has 0 saturated carbocycles. The number of aromatic nitrogens is 3. The number of carboxylic acid groups (broad SMARTS) is 1. The Morgan fingerprint density at radius 1 is 1.33 bits per heavy atom. The molecule has 1 aromatic carbocycles. The SMILES string of the molecule is COc1c(C)ccc(-n2ncc(C(C)(C)C)n2)c1C(=O)O. The molecule has 0 aliphatic heterocycles. The van der Waals surface area contributed by atoms with Crippen LogP contribution in [0.1, 0.15) is 42.4 Å². The van der Waals surface area contributed by atoms with Crippen LogP contribution < -0.4 is 4.74 Å². The molecule has 112 valence electrons. The monoisotopic (exact) mass is 289 g/mol. The molecule has 21 heavy (non-hydrogen) atoms. The van der Waals surface area contributed by atoms with Crippen LogP contribution >= 0.6 is 0 Å². The molecule has 0 spiro atoms. The Balaban J connectivity index is 2.64. The molecular formula is C15H19N3O3. The van der Waals surface area contributed by atoms with Crippen molar-refractivity contribution < 1.29 is 14.6 Å². The van der Waals surface area contributed by atoms with E-state index in [4.69, 9.17) is 4.74 Å². The molecule has 0 unspecified atom stereocenters. The summed E-state index contributed by atoms with van der Waals surface area (Å²) >= 11 is 0. The predicted octanol–water partition coefficient (Wildman–Crippen LogP) is 2.58. The highest BCUT2D eigenvalue weighted by Crippen LogP contribution is 2.29. The highest BCUT2D eigenvalue weighted by Gasteiger charge is 2.23. The first-order valence-electron chi connectivity index (χ1n) is 6.59. The maximum atomic E-state index is 11.6. The lowest BCUT2D eigenvalue weighted by Crippen LogP contribution is -2.14. The van der Waals surface area contributed by atoms with Crippen LogP contribution in [0.2, 0.25) is 0 Å². The van der Waals surface area contributed by atoms with E-state index in [1.165, 1.54) is 11.9 Å². The van der Waals surface area contributed by atoms with Crippen LogP contribution in [0.5, 0.6) is 5.75 Å². The number of benzene rings is 1. The minimum Gasteiger partial charge on any atom is -0.495 e. The quantitative estimate of drug-likeness (QED) is 0.939. The largest absolute Gasteiger partial charge is 0.495 e. The van der Waals surface area contributed by atoms with Crippen molar-refractivity contribution in [1.29, 1.82) is 0 Å². The number of hydrogen-bond donors (Lipinski definition) is 1. The standard InChI is InChI=1S/C15H19N3O3/c1-9-6-7-10(12(14(19)20)13(9)21-5)18-16-8-11(17-18)15(2,3)4/h6-8H,1-5H3,(H,19,20). The molecular weight excluding hydrogens is 270 g/mol. The Bertz CT molecular complexity index is 684. The minimum absolute atomic E-state index is 0.0635. The number of aryl methyl sites for hydroxylation is 1. The second kappa shape index (κ2) is 5.20. The third kappa shape index (κ3) is 2.74. The molecule has 6 nitrogen and oxygen atoms in total. The van der Waals surface area contributed by atoms with Crippen molar-refractivity contribution in [3.63, 3.8) is 0 Å². The topological polar surface area (TPSA) is 77.2 Å². The van der Waals surface area contributed by atoms with Gasteiger partial charge in [-0.15, -0.1) is 0 Å². The second-order valence-corrected chi connectivity index (χ2v) is 5.88. The van der Waals surface area contributed by atoms with Gasteiger partial charge in [0, 0.05) is 5.41 Å². The summed E-state index contributed by atoms with van der Waals surface area (Å²) in [5.74, 6) is -0.741. The Morgan fingerprint density at radius 3 is 2.48 bits per heavy atom. The molecule has 0 bridgehead atoms. The van der Waals surface area contributed by atoms with Crippen molar-refractivity contribution in [3.05, 3.63) is 35.2 Å². The highest BCUT2D eigenvalue weighted by atomic mass is 16.5. The van der Waals surface area contributed by atoms with Gasteiger partial charge in [-0.05, 0) is 18.6 Å². The summed E-state index contributed by atoms with van der Waals surface area (Å²) in [4.78, 5) is 12.9. The maximum absolute atomic E-state index is 11.6. The van der Waals surface area contributed by atoms with Crippen molar-refractivity contribution in [2.75, 3.05) is 7.11 Å². The van der Waals surface area contributed by atoms with Gasteiger partial charge in [-0.3, -0.25) is 0 Å². The lowest BCUT2D eigenvalue weighted by molar-refractivity contribution is 0.0692. The van der Waals surface area contributed by atoms with Crippen LogP contribution in [-0.4, -0.2) is 33.2 Å². The zero-order valence-corrected chi connectivity index (χ0v) is 12.8. The Kier molecular flexibility index (Phi) is 3.72. The Labute approximate surface area is 123 Å². The molecule has 0 radical (unpaired) electrons. The molecule has 0 aliphatic rings. The molecule has 0 aliphatic carbocycles. The molecule has 0 fully saturated rings. The summed E-state index contributed by atoms with van der Waals surface area (Å²) in [6.45, 7) is 7.87. The van der Waals surface area contributed by atoms with Gasteiger partial charge in [-0.2, -0.15) is 15.0 Å². The van der Waals surface area contributed by atoms with Crippen LogP contribution in [0.3, 0.4) is 0 Å². The van der Waals surface area contributed by atoms with Gasteiger partial charge in [0.1, 0.15) is 17.0 Å². The van der Waals surface area contributed by atoms with Crippen LogP contribution in [0, 0.1) is 6.92 Å². The molecule has 6 heteroatoms. The van der Waals surface area contributed by atoms with Gasteiger partial charge in [-0.1, -0.05) is 26.8 Å². The van der Waals surface area contributed by atoms with Gasteiger partial charge in [0.15, 0.2) is 0 Å². The summed E-state index contributed by atoms with van der Waals surface area (Å²) in [5, 5.41) is 18.1. The molecule has 0 atom stereocenters. The van der Waals surface area contributed by atoms with Gasteiger partial charge in [-0.25, -0.2) is 4.79 Å². The summed E-state index contributed by atoms with van der Waals surface area (Å²) < 4.78 is 5.22. The fraction of sp³-hybridized carbons (Fsp3) is 0.400. The van der Waals surface area contributed by atoms with Crippen LogP contribution in [-0.2, 0) is 5.41 Å². The number of carboxylic acids is 1. The lowest BCUT2D eigenvalue weighted by Gasteiger charge is -2.14. The second-order valence-electron chi connectivity index (χ2n) is 5.88. The van der Waals surface area contributed by atoms with E-state index in [2.05, 4.69) is 10.2 Å². The van der Waals surface area contributed by atoms with Crippen molar-refractivity contribution in [1.82, 2.24) is 15.0 Å². The average molecular weight is 289 g/mol. The van der Waals surface area contributed by atoms with E-state index in [0.29, 0.717) is 11.4 Å². The first-order chi connectivity index (χ1) is 9.75. The van der Waals surface area contributed by atoms with Crippen LogP contribution in [0.15, 0.2) is 18.3 Å². The van der Waals surface area contributed by atoms with E-state index in [1.54, 1.807) is 25.3 Å². The average Bonchev–Trinajstić information content (AvgIpc) is 2.87. The summed E-state index contributed by atoms with van der Waals surface area (Å²) in [5.41, 5.74) is 1.84. The van der Waals surface area contributed by atoms with Crippen molar-refractivity contribution in [2.24, 2.45) is 0 Å². The van der Waals surface area contributed by atoms with Crippen molar-refractivity contribution in [2.45, 2.75) is 33.1 Å². The van der Waals surface area contributed by atoms with Gasteiger partial charge < -0.3 is 9.84 Å². The number of nitrogens with zero attached hydrogens (tertiary/aromatic N) is 3. The fourth-order valence-corrected chi connectivity index (χ4v) is 2.04. The Morgan fingerprint density at radius 2 is 2.00 bits per heavy atom. The first-order valence-corrected chi connectivity index (χ1v) is 6.59. The molecule has 1 N–H and O–H groups in total. The number of ether oxygens (including phenoxy) is 1. The summed E-state index contributed by atoms with van der Waals surface area (Å²) in [7, 11) is 1.45. The molecule has 0 saturated heterocycles. The fourth-order valence-electron chi connectivity index (χ4n) is 2.04.